The van der Waals surface area contributed by atoms with Crippen LogP contribution >= 0.6 is 11.6 Å². The molecule has 4 rings (SSSR count). The molecule has 1 N–H and O–H groups in total. The molecular formula is C21H24ClFN2O. The summed E-state index contributed by atoms with van der Waals surface area (Å²) in [6, 6.07) is 11.6. The fourth-order valence-electron chi connectivity index (χ4n) is 4.06. The highest BCUT2D eigenvalue weighted by atomic mass is 35.5. The van der Waals surface area contributed by atoms with Crippen molar-refractivity contribution in [1.29, 1.82) is 0 Å². The highest BCUT2D eigenvalue weighted by molar-refractivity contribution is 6.32. The zero-order valence-corrected chi connectivity index (χ0v) is 15.7. The van der Waals surface area contributed by atoms with Gasteiger partial charge in [0.25, 0.3) is 0 Å². The molecule has 0 amide bonds. The minimum Gasteiger partial charge on any atom is -0.479 e. The number of hydrogen-bond donors (Lipinski definition) is 1. The third-order valence-electron chi connectivity index (χ3n) is 5.47. The molecule has 1 aliphatic carbocycles. The van der Waals surface area contributed by atoms with Crippen LogP contribution in [0.15, 0.2) is 36.4 Å². The summed E-state index contributed by atoms with van der Waals surface area (Å²) in [6.07, 6.45) is 1.82. The summed E-state index contributed by atoms with van der Waals surface area (Å²) in [5, 5.41) is 3.81. The average Bonchev–Trinajstić information content (AvgIpc) is 2.82. The van der Waals surface area contributed by atoms with Gasteiger partial charge < -0.3 is 10.1 Å². The monoisotopic (exact) mass is 374 g/mol. The second-order valence-corrected chi connectivity index (χ2v) is 7.53. The van der Waals surface area contributed by atoms with Gasteiger partial charge in [0, 0.05) is 13.1 Å². The number of hydrogen-bond acceptors (Lipinski definition) is 3. The van der Waals surface area contributed by atoms with Crippen molar-refractivity contribution in [3.63, 3.8) is 0 Å². The summed E-state index contributed by atoms with van der Waals surface area (Å²) in [7, 11) is 0. The molecule has 1 fully saturated rings. The van der Waals surface area contributed by atoms with Gasteiger partial charge in [0.2, 0.25) is 0 Å². The molecule has 2 aliphatic rings. The average molecular weight is 375 g/mol. The molecule has 0 aromatic heterocycles. The Morgan fingerprint density at radius 2 is 2.00 bits per heavy atom. The normalized spacial score (nSPS) is 23.5. The van der Waals surface area contributed by atoms with Crippen molar-refractivity contribution in [2.24, 2.45) is 0 Å². The summed E-state index contributed by atoms with van der Waals surface area (Å²) in [5.41, 5.74) is 3.25. The van der Waals surface area contributed by atoms with Gasteiger partial charge in [0.05, 0.1) is 11.1 Å². The number of rotatable bonds is 3. The summed E-state index contributed by atoms with van der Waals surface area (Å²) < 4.78 is 20.7. The van der Waals surface area contributed by atoms with Gasteiger partial charge in [-0.3, -0.25) is 4.90 Å². The molecule has 26 heavy (non-hydrogen) atoms. The first kappa shape index (κ1) is 17.8. The first-order valence-electron chi connectivity index (χ1n) is 9.29. The van der Waals surface area contributed by atoms with Gasteiger partial charge in [-0.1, -0.05) is 41.9 Å². The van der Waals surface area contributed by atoms with Crippen LogP contribution in [0.2, 0.25) is 5.02 Å². The molecule has 2 aromatic carbocycles. The lowest BCUT2D eigenvalue weighted by atomic mass is 10.1. The van der Waals surface area contributed by atoms with E-state index < -0.39 is 5.82 Å². The summed E-state index contributed by atoms with van der Waals surface area (Å²) in [5.74, 6) is -0.229. The van der Waals surface area contributed by atoms with E-state index >= 15 is 0 Å². The molecule has 1 heterocycles. The van der Waals surface area contributed by atoms with E-state index in [1.54, 1.807) is 6.07 Å². The number of nitrogens with zero attached hydrogens (tertiary/aromatic N) is 1. The van der Waals surface area contributed by atoms with Gasteiger partial charge >= 0.3 is 0 Å². The lowest BCUT2D eigenvalue weighted by molar-refractivity contribution is 0.0791. The second kappa shape index (κ2) is 7.55. The largest absolute Gasteiger partial charge is 0.479 e. The predicted octanol–water partition coefficient (Wildman–Crippen LogP) is 4.13. The molecule has 1 aliphatic heterocycles. The zero-order chi connectivity index (χ0) is 18.1. The van der Waals surface area contributed by atoms with Crippen molar-refractivity contribution in [2.75, 3.05) is 26.2 Å². The Kier molecular flexibility index (Phi) is 5.16. The molecule has 0 saturated carbocycles. The van der Waals surface area contributed by atoms with Crippen LogP contribution in [0.4, 0.5) is 4.39 Å². The van der Waals surface area contributed by atoms with E-state index in [1.165, 1.54) is 11.6 Å². The molecule has 0 bridgehead atoms. The van der Waals surface area contributed by atoms with Crippen LogP contribution in [0.3, 0.4) is 0 Å². The first-order chi connectivity index (χ1) is 12.6. The molecular weight excluding hydrogens is 351 g/mol. The van der Waals surface area contributed by atoms with E-state index in [1.807, 2.05) is 13.0 Å². The lowest BCUT2D eigenvalue weighted by Crippen LogP contribution is -2.42. The van der Waals surface area contributed by atoms with Crippen LogP contribution in [0.25, 0.3) is 0 Å². The number of halogens is 2. The Morgan fingerprint density at radius 1 is 1.15 bits per heavy atom. The van der Waals surface area contributed by atoms with Crippen molar-refractivity contribution in [1.82, 2.24) is 10.2 Å². The highest BCUT2D eigenvalue weighted by Crippen LogP contribution is 2.41. The van der Waals surface area contributed by atoms with Gasteiger partial charge in [-0.25, -0.2) is 4.39 Å². The molecule has 1 saturated heterocycles. The van der Waals surface area contributed by atoms with Gasteiger partial charge in [0.15, 0.2) is 11.6 Å². The van der Waals surface area contributed by atoms with Crippen LogP contribution in [-0.4, -0.2) is 37.1 Å². The molecule has 2 atom stereocenters. The van der Waals surface area contributed by atoms with Crippen molar-refractivity contribution < 1.29 is 9.13 Å². The quantitative estimate of drug-likeness (QED) is 0.874. The van der Waals surface area contributed by atoms with E-state index in [0.29, 0.717) is 5.02 Å². The Bertz CT molecular complexity index is 790. The Balaban J connectivity index is 1.69. The maximum Gasteiger partial charge on any atom is 0.174 e. The van der Waals surface area contributed by atoms with Crippen molar-refractivity contribution in [3.8, 4) is 5.75 Å². The summed E-state index contributed by atoms with van der Waals surface area (Å²) in [6.45, 7) is 5.88. The van der Waals surface area contributed by atoms with Gasteiger partial charge in [-0.2, -0.15) is 0 Å². The third-order valence-corrected chi connectivity index (χ3v) is 5.94. The summed E-state index contributed by atoms with van der Waals surface area (Å²) in [4.78, 5) is 2.48. The predicted molar refractivity (Wildman–Crippen MR) is 103 cm³/mol. The van der Waals surface area contributed by atoms with Crippen LogP contribution in [0, 0.1) is 12.7 Å². The van der Waals surface area contributed by atoms with E-state index in [0.717, 1.165) is 50.1 Å². The van der Waals surface area contributed by atoms with Crippen LogP contribution in [0.1, 0.15) is 29.2 Å². The topological polar surface area (TPSA) is 24.5 Å². The molecule has 0 radical (unpaired) electrons. The zero-order valence-electron chi connectivity index (χ0n) is 15.0. The lowest BCUT2D eigenvalue weighted by Gasteiger charge is -2.32. The van der Waals surface area contributed by atoms with Crippen molar-refractivity contribution in [3.05, 3.63) is 63.9 Å². The van der Waals surface area contributed by atoms with E-state index in [9.17, 15) is 4.39 Å². The smallest absolute Gasteiger partial charge is 0.174 e. The second-order valence-electron chi connectivity index (χ2n) is 7.16. The minimum absolute atomic E-state index is 0.173. The SMILES string of the molecule is Cc1ccc(F)c(OC2c3ccccc3C[C@H]2N2CCCNCC2)c1Cl. The molecule has 0 spiro atoms. The van der Waals surface area contributed by atoms with E-state index in [-0.39, 0.29) is 17.9 Å². The van der Waals surface area contributed by atoms with Crippen LogP contribution < -0.4 is 10.1 Å². The first-order valence-corrected chi connectivity index (χ1v) is 9.67. The standard InChI is InChI=1S/C21H24ClFN2O/c1-14-7-8-17(23)21(19(14)22)26-20-16-6-3-2-5-15(16)13-18(20)25-11-4-9-24-10-12-25/h2-3,5-8,18,20,24H,4,9-13H2,1H3/t18-,20?/m1/s1. The maximum atomic E-state index is 14.5. The highest BCUT2D eigenvalue weighted by Gasteiger charge is 2.38. The van der Waals surface area contributed by atoms with Crippen LogP contribution in [0.5, 0.6) is 5.75 Å². The number of aryl methyl sites for hydroxylation is 1. The molecule has 138 valence electrons. The number of nitrogens with one attached hydrogen (secondary N) is 1. The van der Waals surface area contributed by atoms with E-state index in [4.69, 9.17) is 16.3 Å². The van der Waals surface area contributed by atoms with Crippen molar-refractivity contribution in [2.45, 2.75) is 31.9 Å². The Morgan fingerprint density at radius 3 is 2.88 bits per heavy atom. The molecule has 5 heteroatoms. The number of ether oxygens (including phenoxy) is 1. The fraction of sp³-hybridized carbons (Fsp3) is 0.429. The number of benzene rings is 2. The van der Waals surface area contributed by atoms with Gasteiger partial charge in [-0.15, -0.1) is 0 Å². The summed E-state index contributed by atoms with van der Waals surface area (Å²) >= 11 is 6.38. The van der Waals surface area contributed by atoms with Gasteiger partial charge in [-0.05, 0) is 55.6 Å². The molecule has 2 aromatic rings. The van der Waals surface area contributed by atoms with E-state index in [2.05, 4.69) is 28.4 Å². The molecule has 1 unspecified atom stereocenters. The fourth-order valence-corrected chi connectivity index (χ4v) is 4.26. The van der Waals surface area contributed by atoms with Crippen LogP contribution in [-0.2, 0) is 6.42 Å². The Hall–Kier alpha value is -1.62. The maximum absolute atomic E-state index is 14.5. The molecule has 3 nitrogen and oxygen atoms in total. The van der Waals surface area contributed by atoms with Crippen molar-refractivity contribution >= 4 is 11.6 Å². The Labute approximate surface area is 159 Å². The number of fused-ring (bicyclic) bond motifs is 1. The third kappa shape index (κ3) is 3.34. The minimum atomic E-state index is -0.402. The van der Waals surface area contributed by atoms with Gasteiger partial charge in [0.1, 0.15) is 6.10 Å².